The van der Waals surface area contributed by atoms with Crippen LogP contribution in [0.25, 0.3) is 28.3 Å². The number of carboxylic acids is 1. The number of amides is 1. The minimum Gasteiger partial charge on any atom is -0.545 e. The predicted molar refractivity (Wildman–Crippen MR) is 163 cm³/mol. The van der Waals surface area contributed by atoms with Crippen molar-refractivity contribution in [3.8, 4) is 17.1 Å². The van der Waals surface area contributed by atoms with Gasteiger partial charge in [0.25, 0.3) is 5.91 Å². The molecule has 6 rings (SSSR count). The lowest BCUT2D eigenvalue weighted by Crippen LogP contribution is -2.31. The topological polar surface area (TPSA) is 111 Å². The van der Waals surface area contributed by atoms with Crippen molar-refractivity contribution in [1.82, 2.24) is 9.88 Å². The summed E-state index contributed by atoms with van der Waals surface area (Å²) in [5, 5.41) is 12.9. The number of carbonyl (C=O) groups excluding carboxylic acids is 2. The lowest BCUT2D eigenvalue weighted by Gasteiger charge is -2.15. The van der Waals surface area contributed by atoms with Gasteiger partial charge in [-0.2, -0.15) is 0 Å². The van der Waals surface area contributed by atoms with Crippen LogP contribution in [0.3, 0.4) is 0 Å². The van der Waals surface area contributed by atoms with Crippen molar-refractivity contribution in [1.29, 1.82) is 0 Å². The van der Waals surface area contributed by atoms with E-state index in [1.54, 1.807) is 42.4 Å². The zero-order valence-corrected chi connectivity index (χ0v) is 23.7. The van der Waals surface area contributed by atoms with Gasteiger partial charge in [0.05, 0.1) is 23.7 Å². The molecule has 0 unspecified atom stereocenters. The number of H-pyrrole nitrogens is 1. The third-order valence-electron chi connectivity index (χ3n) is 7.09. The number of thioether (sulfide) groups is 1. The fraction of sp³-hybridized carbons (Fsp3) is 0.121. The molecule has 0 spiro atoms. The summed E-state index contributed by atoms with van der Waals surface area (Å²) < 4.78 is 11.3. The summed E-state index contributed by atoms with van der Waals surface area (Å²) in [5.41, 5.74) is 4.50. The van der Waals surface area contributed by atoms with Crippen molar-refractivity contribution in [3.05, 3.63) is 112 Å². The number of fused-ring (bicyclic) bond motifs is 1. The highest BCUT2D eigenvalue weighted by Crippen LogP contribution is 2.36. The van der Waals surface area contributed by atoms with Gasteiger partial charge in [0.15, 0.2) is 5.17 Å². The van der Waals surface area contributed by atoms with Crippen LogP contribution in [-0.2, 0) is 11.2 Å². The zero-order chi connectivity index (χ0) is 29.2. The van der Waals surface area contributed by atoms with E-state index in [4.69, 9.17) is 14.1 Å². The average molecular weight is 577 g/mol. The summed E-state index contributed by atoms with van der Waals surface area (Å²) >= 11 is 1.30. The van der Waals surface area contributed by atoms with Gasteiger partial charge in [0.1, 0.15) is 17.3 Å². The Balaban J connectivity index is 1.29. The molecule has 1 aliphatic heterocycles. The predicted octanol–water partition coefficient (Wildman–Crippen LogP) is 5.96. The molecule has 42 heavy (non-hydrogen) atoms. The second-order valence-corrected chi connectivity index (χ2v) is 10.8. The molecule has 3 aromatic carbocycles. The Morgan fingerprint density at radius 2 is 1.90 bits per heavy atom. The van der Waals surface area contributed by atoms with E-state index in [-0.39, 0.29) is 11.5 Å². The minimum atomic E-state index is -1.23. The molecule has 1 aliphatic rings. The number of aromatic nitrogens is 1. The molecular formula is C33H26N3O5S-. The van der Waals surface area contributed by atoms with E-state index in [1.807, 2.05) is 55.6 Å². The molecule has 0 bridgehead atoms. The maximum atomic E-state index is 13.7. The maximum absolute atomic E-state index is 13.7. The summed E-state index contributed by atoms with van der Waals surface area (Å²) in [6.07, 6.45) is 4.36. The highest BCUT2D eigenvalue weighted by atomic mass is 32.2. The second-order valence-electron chi connectivity index (χ2n) is 9.79. The smallest absolute Gasteiger partial charge is 0.266 e. The Bertz CT molecular complexity index is 1870. The number of ether oxygens (including phenoxy) is 1. The second kappa shape index (κ2) is 11.5. The van der Waals surface area contributed by atoms with E-state index >= 15 is 0 Å². The Hall–Kier alpha value is -5.02. The molecule has 210 valence electrons. The lowest BCUT2D eigenvalue weighted by molar-refractivity contribution is -0.255. The molecule has 0 saturated carbocycles. The molecule has 5 aromatic rings. The Morgan fingerprint density at radius 1 is 1.10 bits per heavy atom. The van der Waals surface area contributed by atoms with E-state index in [2.05, 4.69) is 11.1 Å². The van der Waals surface area contributed by atoms with Crippen molar-refractivity contribution in [2.75, 3.05) is 13.7 Å². The van der Waals surface area contributed by atoms with Crippen LogP contribution in [0.2, 0.25) is 0 Å². The van der Waals surface area contributed by atoms with Crippen molar-refractivity contribution < 1.29 is 23.8 Å². The summed E-state index contributed by atoms with van der Waals surface area (Å²) in [5.74, 6) is 0.422. The number of carboxylic acid groups (broad SMARTS) is 1. The summed E-state index contributed by atoms with van der Waals surface area (Å²) in [6.45, 7) is 2.26. The van der Waals surface area contributed by atoms with Crippen molar-refractivity contribution >= 4 is 51.5 Å². The largest absolute Gasteiger partial charge is 0.545 e. The van der Waals surface area contributed by atoms with E-state index in [1.165, 1.54) is 17.8 Å². The molecule has 0 aliphatic carbocycles. The number of rotatable bonds is 8. The van der Waals surface area contributed by atoms with Gasteiger partial charge in [-0.25, -0.2) is 4.99 Å². The van der Waals surface area contributed by atoms with Crippen molar-refractivity contribution in [2.45, 2.75) is 13.3 Å². The number of nitrogens with zero attached hydrogens (tertiary/aromatic N) is 2. The Kier molecular flexibility index (Phi) is 7.41. The van der Waals surface area contributed by atoms with Gasteiger partial charge < -0.3 is 24.0 Å². The third-order valence-corrected chi connectivity index (χ3v) is 8.10. The zero-order valence-electron chi connectivity index (χ0n) is 22.9. The highest BCUT2D eigenvalue weighted by molar-refractivity contribution is 8.18. The van der Waals surface area contributed by atoms with Crippen LogP contribution in [0, 0.1) is 6.92 Å². The van der Waals surface area contributed by atoms with Gasteiger partial charge in [-0.15, -0.1) is 0 Å². The van der Waals surface area contributed by atoms with Crippen molar-refractivity contribution in [2.24, 2.45) is 4.99 Å². The summed E-state index contributed by atoms with van der Waals surface area (Å²) in [7, 11) is 1.61. The van der Waals surface area contributed by atoms with Crippen LogP contribution in [0.1, 0.15) is 27.2 Å². The first-order chi connectivity index (χ1) is 20.4. The third kappa shape index (κ3) is 5.46. The van der Waals surface area contributed by atoms with Crippen LogP contribution in [0.4, 0.5) is 5.69 Å². The molecule has 3 heterocycles. The van der Waals surface area contributed by atoms with Gasteiger partial charge in [0, 0.05) is 35.3 Å². The van der Waals surface area contributed by atoms with Gasteiger partial charge in [-0.1, -0.05) is 30.3 Å². The SMILES string of the molecule is COc1ccc(N=C2S/C(=C\c3ccc(-c4ccc(C(=O)[O-])cc4C)o3)C(=O)N2CCc2c[nH]c3ccccc23)cc1. The number of amidine groups is 1. The molecule has 1 amide bonds. The molecule has 1 N–H and O–H groups in total. The van der Waals surface area contributed by atoms with Crippen LogP contribution in [0.5, 0.6) is 5.75 Å². The Morgan fingerprint density at radius 3 is 2.67 bits per heavy atom. The first-order valence-electron chi connectivity index (χ1n) is 13.3. The average Bonchev–Trinajstić information content (AvgIpc) is 3.70. The van der Waals surface area contributed by atoms with Crippen LogP contribution in [-0.4, -0.2) is 40.6 Å². The van der Waals surface area contributed by atoms with Gasteiger partial charge in [0.2, 0.25) is 0 Å². The molecular weight excluding hydrogens is 550 g/mol. The quantitative estimate of drug-likeness (QED) is 0.228. The lowest BCUT2D eigenvalue weighted by atomic mass is 10.0. The summed E-state index contributed by atoms with van der Waals surface area (Å²) in [4.78, 5) is 35.2. The van der Waals surface area contributed by atoms with E-state index in [0.29, 0.717) is 40.2 Å². The van der Waals surface area contributed by atoms with Crippen LogP contribution >= 0.6 is 11.8 Å². The number of hydrogen-bond donors (Lipinski definition) is 1. The first kappa shape index (κ1) is 27.2. The van der Waals surface area contributed by atoms with Crippen LogP contribution < -0.4 is 9.84 Å². The van der Waals surface area contributed by atoms with Crippen LogP contribution in [0.15, 0.2) is 99.4 Å². The Labute approximate surface area is 246 Å². The number of aryl methyl sites for hydroxylation is 1. The first-order valence-corrected chi connectivity index (χ1v) is 14.1. The fourth-order valence-corrected chi connectivity index (χ4v) is 5.90. The molecule has 0 atom stereocenters. The van der Waals surface area contributed by atoms with E-state index in [9.17, 15) is 14.7 Å². The summed E-state index contributed by atoms with van der Waals surface area (Å²) in [6, 6.07) is 23.8. The van der Waals surface area contributed by atoms with Gasteiger partial charge in [-0.3, -0.25) is 9.69 Å². The number of carbonyl (C=O) groups is 2. The number of para-hydroxylation sites is 1. The number of furan rings is 1. The number of nitrogens with one attached hydrogen (secondary N) is 1. The number of benzene rings is 3. The maximum Gasteiger partial charge on any atom is 0.266 e. The number of aliphatic imine (C=N–C) groups is 1. The standard InChI is InChI=1S/C33H27N3O5S/c1-20-17-21(32(38)39)7-13-26(20)29-14-12-25(41-29)18-30-31(37)36(16-15-22-19-34-28-6-4-3-5-27(22)28)33(42-30)35-23-8-10-24(40-2)11-9-23/h3-14,17-19,34H,15-16H2,1-2H3,(H,38,39)/p-1/b30-18-,35-33?. The minimum absolute atomic E-state index is 0.106. The molecule has 1 fully saturated rings. The highest BCUT2D eigenvalue weighted by Gasteiger charge is 2.33. The van der Waals surface area contributed by atoms with Gasteiger partial charge >= 0.3 is 0 Å². The number of aromatic carboxylic acids is 1. The monoisotopic (exact) mass is 576 g/mol. The van der Waals surface area contributed by atoms with E-state index < -0.39 is 5.97 Å². The molecule has 2 aromatic heterocycles. The van der Waals surface area contributed by atoms with E-state index in [0.717, 1.165) is 33.3 Å². The molecule has 8 nitrogen and oxygen atoms in total. The normalized spacial score (nSPS) is 15.3. The van der Waals surface area contributed by atoms with Crippen molar-refractivity contribution in [3.63, 3.8) is 0 Å². The number of aromatic amines is 1. The molecule has 0 radical (unpaired) electrons. The fourth-order valence-electron chi connectivity index (χ4n) is 4.90. The number of methoxy groups -OCH3 is 1. The molecule has 9 heteroatoms. The molecule has 1 saturated heterocycles. The van der Waals surface area contributed by atoms with Gasteiger partial charge in [-0.05, 0) is 90.3 Å². The number of hydrogen-bond acceptors (Lipinski definition) is 7.